The van der Waals surface area contributed by atoms with Gasteiger partial charge in [0.25, 0.3) is 5.91 Å². The molecular formula is C16H18N2O6S. The Morgan fingerprint density at radius 2 is 1.76 bits per heavy atom. The lowest BCUT2D eigenvalue weighted by molar-refractivity contribution is -0.143. The second-order valence-corrected chi connectivity index (χ2v) is 5.30. The van der Waals surface area contributed by atoms with Crippen LogP contribution in [0.3, 0.4) is 0 Å². The summed E-state index contributed by atoms with van der Waals surface area (Å²) < 4.78 is 20.4. The fourth-order valence-corrected chi connectivity index (χ4v) is 2.52. The molecule has 1 aromatic rings. The summed E-state index contributed by atoms with van der Waals surface area (Å²) >= 11 is 5.09. The van der Waals surface area contributed by atoms with E-state index in [2.05, 4.69) is 10.1 Å². The minimum absolute atomic E-state index is 0.133. The molecule has 0 saturated carbocycles. The maximum atomic E-state index is 12.4. The largest absolute Gasteiger partial charge is 0.493 e. The number of rotatable bonds is 6. The fourth-order valence-electron chi connectivity index (χ4n) is 2.26. The molecule has 1 aliphatic heterocycles. The topological polar surface area (TPSA) is 86.3 Å². The molecule has 8 nitrogen and oxygen atoms in total. The Morgan fingerprint density at radius 1 is 1.16 bits per heavy atom. The molecule has 9 heteroatoms. The molecule has 1 saturated heterocycles. The van der Waals surface area contributed by atoms with Gasteiger partial charge in [0.05, 0.1) is 28.4 Å². The summed E-state index contributed by atoms with van der Waals surface area (Å²) in [5, 5.41) is 2.92. The molecule has 1 N–H and O–H groups in total. The molecule has 2 rings (SSSR count). The van der Waals surface area contributed by atoms with E-state index < -0.39 is 11.9 Å². The smallest absolute Gasteiger partial charge is 0.325 e. The molecule has 0 unspecified atom stereocenters. The lowest BCUT2D eigenvalue weighted by atomic mass is 10.1. The third-order valence-corrected chi connectivity index (χ3v) is 3.80. The number of nitrogens with zero attached hydrogens (tertiary/aromatic N) is 1. The molecular weight excluding hydrogens is 348 g/mol. The van der Waals surface area contributed by atoms with E-state index in [9.17, 15) is 9.59 Å². The van der Waals surface area contributed by atoms with Crippen LogP contribution in [-0.4, -0.2) is 56.9 Å². The molecule has 1 amide bonds. The van der Waals surface area contributed by atoms with E-state index in [4.69, 9.17) is 26.4 Å². The minimum atomic E-state index is -0.563. The first-order chi connectivity index (χ1) is 11.9. The van der Waals surface area contributed by atoms with Crippen LogP contribution in [0.4, 0.5) is 0 Å². The summed E-state index contributed by atoms with van der Waals surface area (Å²) in [7, 11) is 5.75. The van der Waals surface area contributed by atoms with E-state index in [1.807, 2.05) is 0 Å². The highest BCUT2D eigenvalue weighted by Gasteiger charge is 2.32. The highest BCUT2D eigenvalue weighted by atomic mass is 32.1. The van der Waals surface area contributed by atoms with E-state index in [0.717, 1.165) is 4.90 Å². The summed E-state index contributed by atoms with van der Waals surface area (Å²) in [5.41, 5.74) is 0.858. The van der Waals surface area contributed by atoms with Crippen molar-refractivity contribution in [3.05, 3.63) is 23.4 Å². The number of nitrogens with one attached hydrogen (secondary N) is 1. The molecule has 1 fully saturated rings. The van der Waals surface area contributed by atoms with Crippen LogP contribution >= 0.6 is 12.2 Å². The number of benzene rings is 1. The highest BCUT2D eigenvalue weighted by molar-refractivity contribution is 7.80. The van der Waals surface area contributed by atoms with Crippen molar-refractivity contribution in [1.29, 1.82) is 0 Å². The molecule has 0 aromatic heterocycles. The van der Waals surface area contributed by atoms with Crippen molar-refractivity contribution >= 4 is 35.3 Å². The number of methoxy groups -OCH3 is 4. The van der Waals surface area contributed by atoms with Gasteiger partial charge in [-0.15, -0.1) is 0 Å². The van der Waals surface area contributed by atoms with Crippen molar-refractivity contribution in [2.75, 3.05) is 35.0 Å². The van der Waals surface area contributed by atoms with E-state index in [1.165, 1.54) is 28.4 Å². The Kier molecular flexibility index (Phi) is 5.81. The summed E-state index contributed by atoms with van der Waals surface area (Å²) in [4.78, 5) is 24.9. The molecule has 0 aliphatic carbocycles. The number of amides is 1. The van der Waals surface area contributed by atoms with Gasteiger partial charge in [-0.05, 0) is 36.0 Å². The monoisotopic (exact) mass is 366 g/mol. The molecule has 134 valence electrons. The first kappa shape index (κ1) is 18.5. The van der Waals surface area contributed by atoms with E-state index in [1.54, 1.807) is 18.2 Å². The number of carbonyl (C=O) groups is 2. The van der Waals surface area contributed by atoms with Crippen molar-refractivity contribution in [3.63, 3.8) is 0 Å². The zero-order chi connectivity index (χ0) is 18.6. The van der Waals surface area contributed by atoms with Crippen LogP contribution in [0, 0.1) is 0 Å². The van der Waals surface area contributed by atoms with Gasteiger partial charge >= 0.3 is 5.97 Å². The summed E-state index contributed by atoms with van der Waals surface area (Å²) in [6, 6.07) is 3.38. The molecule has 25 heavy (non-hydrogen) atoms. The Morgan fingerprint density at radius 3 is 2.24 bits per heavy atom. The lowest BCUT2D eigenvalue weighted by Crippen LogP contribution is -2.35. The van der Waals surface area contributed by atoms with E-state index >= 15 is 0 Å². The average Bonchev–Trinajstić information content (AvgIpc) is 2.87. The van der Waals surface area contributed by atoms with Gasteiger partial charge in [0, 0.05) is 0 Å². The molecule has 0 radical (unpaired) electrons. The van der Waals surface area contributed by atoms with Gasteiger partial charge in [-0.2, -0.15) is 0 Å². The maximum absolute atomic E-state index is 12.4. The predicted molar refractivity (Wildman–Crippen MR) is 93.5 cm³/mol. The van der Waals surface area contributed by atoms with Crippen LogP contribution < -0.4 is 19.5 Å². The van der Waals surface area contributed by atoms with Crippen LogP contribution in [0.5, 0.6) is 17.2 Å². The van der Waals surface area contributed by atoms with Gasteiger partial charge in [-0.3, -0.25) is 14.5 Å². The first-order valence-electron chi connectivity index (χ1n) is 7.16. The number of ether oxygens (including phenoxy) is 4. The molecule has 1 aliphatic rings. The van der Waals surface area contributed by atoms with Gasteiger partial charge in [0.1, 0.15) is 12.2 Å². The van der Waals surface area contributed by atoms with Crippen LogP contribution in [0.25, 0.3) is 6.08 Å². The second kappa shape index (κ2) is 7.84. The van der Waals surface area contributed by atoms with Gasteiger partial charge in [-0.1, -0.05) is 0 Å². The van der Waals surface area contributed by atoms with Crippen LogP contribution in [-0.2, 0) is 14.3 Å². The summed E-state index contributed by atoms with van der Waals surface area (Å²) in [5.74, 6) is 0.359. The quantitative estimate of drug-likeness (QED) is 0.452. The Balaban J connectivity index is 2.36. The van der Waals surface area contributed by atoms with Crippen molar-refractivity contribution in [2.24, 2.45) is 0 Å². The average molecular weight is 366 g/mol. The van der Waals surface area contributed by atoms with Crippen LogP contribution in [0.1, 0.15) is 5.56 Å². The molecule has 1 heterocycles. The number of carbonyl (C=O) groups excluding carboxylic acids is 2. The van der Waals surface area contributed by atoms with Crippen LogP contribution in [0.2, 0.25) is 0 Å². The first-order valence-corrected chi connectivity index (χ1v) is 7.57. The standard InChI is InChI=1S/C16H18N2O6S/c1-21-11-6-9(7-12(22-2)14(11)24-4)5-10-15(20)18(16(25)17-10)8-13(19)23-3/h5-7H,8H2,1-4H3,(H,17,25)/b10-5-. The lowest BCUT2D eigenvalue weighted by Gasteiger charge is -2.13. The van der Waals surface area contributed by atoms with Crippen molar-refractivity contribution in [1.82, 2.24) is 10.2 Å². The van der Waals surface area contributed by atoms with Crippen molar-refractivity contribution in [3.8, 4) is 17.2 Å². The minimum Gasteiger partial charge on any atom is -0.493 e. The Labute approximate surface area is 150 Å². The summed E-state index contributed by atoms with van der Waals surface area (Å²) in [6.45, 7) is -0.256. The fraction of sp³-hybridized carbons (Fsp3) is 0.312. The number of hydrogen-bond acceptors (Lipinski definition) is 7. The van der Waals surface area contributed by atoms with Gasteiger partial charge < -0.3 is 24.3 Å². The normalized spacial score (nSPS) is 15.2. The molecule has 0 atom stereocenters. The van der Waals surface area contributed by atoms with Crippen molar-refractivity contribution in [2.45, 2.75) is 0 Å². The SMILES string of the molecule is COC(=O)CN1C(=O)/C(=C/c2cc(OC)c(OC)c(OC)c2)NC1=S. The third kappa shape index (κ3) is 3.82. The van der Waals surface area contributed by atoms with Crippen molar-refractivity contribution < 1.29 is 28.5 Å². The number of thiocarbonyl (C=S) groups is 1. The number of hydrogen-bond donors (Lipinski definition) is 1. The van der Waals surface area contributed by atoms with E-state index in [0.29, 0.717) is 22.8 Å². The Hall–Kier alpha value is -2.81. The maximum Gasteiger partial charge on any atom is 0.325 e. The zero-order valence-corrected chi connectivity index (χ0v) is 15.1. The van der Waals surface area contributed by atoms with E-state index in [-0.39, 0.29) is 17.4 Å². The van der Waals surface area contributed by atoms with Gasteiger partial charge in [-0.25, -0.2) is 0 Å². The molecule has 1 aromatic carbocycles. The van der Waals surface area contributed by atoms with Crippen LogP contribution in [0.15, 0.2) is 17.8 Å². The zero-order valence-electron chi connectivity index (χ0n) is 14.2. The highest BCUT2D eigenvalue weighted by Crippen LogP contribution is 2.38. The predicted octanol–water partition coefficient (Wildman–Crippen LogP) is 0.943. The molecule has 0 spiro atoms. The molecule has 0 bridgehead atoms. The summed E-state index contributed by atoms with van der Waals surface area (Å²) in [6.07, 6.45) is 1.58. The van der Waals surface area contributed by atoms with Gasteiger partial charge in [0.2, 0.25) is 5.75 Å². The Bertz CT molecular complexity index is 721. The third-order valence-electron chi connectivity index (χ3n) is 3.48. The number of esters is 1. The second-order valence-electron chi connectivity index (χ2n) is 4.91. The van der Waals surface area contributed by atoms with Gasteiger partial charge in [0.15, 0.2) is 16.6 Å².